The summed E-state index contributed by atoms with van der Waals surface area (Å²) >= 11 is 5.14. The van der Waals surface area contributed by atoms with Crippen molar-refractivity contribution in [3.8, 4) is 0 Å². The van der Waals surface area contributed by atoms with Gasteiger partial charge in [0.05, 0.1) is 28.8 Å². The van der Waals surface area contributed by atoms with Gasteiger partial charge in [-0.15, -0.1) is 0 Å². The van der Waals surface area contributed by atoms with E-state index in [1.54, 1.807) is 0 Å². The molecule has 106 valence electrons. The number of ether oxygens (including phenoxy) is 1. The zero-order valence-electron chi connectivity index (χ0n) is 9.12. The molecule has 0 bridgehead atoms. The van der Waals surface area contributed by atoms with E-state index in [-0.39, 0.29) is 0 Å². The van der Waals surface area contributed by atoms with Crippen molar-refractivity contribution in [1.82, 2.24) is 0 Å². The molecule has 1 aromatic rings. The highest BCUT2D eigenvalue weighted by atomic mass is 35.5. The molecule has 0 spiro atoms. The lowest BCUT2D eigenvalue weighted by Gasteiger charge is -2.17. The zero-order chi connectivity index (χ0) is 15.0. The van der Waals surface area contributed by atoms with Crippen molar-refractivity contribution < 1.29 is 35.9 Å². The van der Waals surface area contributed by atoms with Crippen molar-refractivity contribution in [3.63, 3.8) is 0 Å². The van der Waals surface area contributed by atoms with Gasteiger partial charge in [0.1, 0.15) is 0 Å². The van der Waals surface area contributed by atoms with Crippen molar-refractivity contribution in [2.45, 2.75) is 12.4 Å². The topological polar surface area (TPSA) is 26.3 Å². The third kappa shape index (κ3) is 3.12. The smallest absolute Gasteiger partial charge is 0.418 e. The van der Waals surface area contributed by atoms with E-state index in [0.717, 1.165) is 7.11 Å². The molecule has 9 heteroatoms. The molecular formula is C10H5ClF6O2. The Balaban J connectivity index is 3.65. The number of rotatable bonds is 1. The van der Waals surface area contributed by atoms with E-state index in [1.165, 1.54) is 0 Å². The van der Waals surface area contributed by atoms with E-state index >= 15 is 0 Å². The van der Waals surface area contributed by atoms with E-state index in [1.807, 2.05) is 0 Å². The van der Waals surface area contributed by atoms with E-state index in [4.69, 9.17) is 11.6 Å². The van der Waals surface area contributed by atoms with Crippen molar-refractivity contribution in [1.29, 1.82) is 0 Å². The minimum atomic E-state index is -5.22. The number of carbonyl (C=O) groups excluding carboxylic acids is 1. The molecule has 0 fully saturated rings. The summed E-state index contributed by atoms with van der Waals surface area (Å²) in [6.45, 7) is 0. The van der Waals surface area contributed by atoms with E-state index in [2.05, 4.69) is 4.74 Å². The Morgan fingerprint density at radius 1 is 1.11 bits per heavy atom. The van der Waals surface area contributed by atoms with Gasteiger partial charge < -0.3 is 4.74 Å². The van der Waals surface area contributed by atoms with Crippen molar-refractivity contribution in [3.05, 3.63) is 33.8 Å². The summed E-state index contributed by atoms with van der Waals surface area (Å²) < 4.78 is 79.6. The molecule has 0 heterocycles. The number of hydrogen-bond donors (Lipinski definition) is 0. The van der Waals surface area contributed by atoms with Crippen molar-refractivity contribution in [2.75, 3.05) is 7.11 Å². The van der Waals surface area contributed by atoms with Gasteiger partial charge in [0.15, 0.2) is 0 Å². The fraction of sp³-hybridized carbons (Fsp3) is 0.300. The van der Waals surface area contributed by atoms with Crippen LogP contribution in [0, 0.1) is 0 Å². The molecule has 0 aliphatic carbocycles. The average molecular weight is 307 g/mol. The molecule has 0 saturated carbocycles. The lowest BCUT2D eigenvalue weighted by atomic mass is 10.0. The van der Waals surface area contributed by atoms with Gasteiger partial charge in [0.25, 0.3) is 0 Å². The van der Waals surface area contributed by atoms with Gasteiger partial charge in [0, 0.05) is 0 Å². The summed E-state index contributed by atoms with van der Waals surface area (Å²) in [5.74, 6) is -1.43. The van der Waals surface area contributed by atoms with Gasteiger partial charge >= 0.3 is 18.3 Å². The number of methoxy groups -OCH3 is 1. The molecule has 0 N–H and O–H groups in total. The summed E-state index contributed by atoms with van der Waals surface area (Å²) in [6.07, 6.45) is -10.3. The first-order valence-corrected chi connectivity index (χ1v) is 4.93. The highest BCUT2D eigenvalue weighted by molar-refractivity contribution is 6.32. The number of halogens is 7. The summed E-state index contributed by atoms with van der Waals surface area (Å²) in [5, 5.41) is -1.58. The molecule has 0 aromatic heterocycles. The predicted octanol–water partition coefficient (Wildman–Crippen LogP) is 4.16. The van der Waals surface area contributed by atoms with Gasteiger partial charge in [-0.05, 0) is 12.1 Å². The van der Waals surface area contributed by atoms with Gasteiger partial charge in [-0.2, -0.15) is 26.3 Å². The quantitative estimate of drug-likeness (QED) is 0.575. The maximum atomic E-state index is 12.7. The molecule has 0 aliphatic heterocycles. The highest BCUT2D eigenvalue weighted by Crippen LogP contribution is 2.43. The molecule has 0 radical (unpaired) electrons. The molecule has 1 aromatic carbocycles. The Bertz CT molecular complexity index is 506. The average Bonchev–Trinajstić information content (AvgIpc) is 2.23. The van der Waals surface area contributed by atoms with Crippen LogP contribution < -0.4 is 0 Å². The Morgan fingerprint density at radius 2 is 1.63 bits per heavy atom. The van der Waals surface area contributed by atoms with Crippen LogP contribution in [0.2, 0.25) is 5.02 Å². The standard InChI is InChI=1S/C10H5ClF6O2/c1-19-8(18)4-2-3-5(9(12,13)14)7(11)6(4)10(15,16)17/h2-3H,1H3. The maximum Gasteiger partial charge on any atom is 0.418 e. The largest absolute Gasteiger partial charge is 0.465 e. The number of benzene rings is 1. The van der Waals surface area contributed by atoms with Crippen LogP contribution in [0.5, 0.6) is 0 Å². The van der Waals surface area contributed by atoms with Crippen molar-refractivity contribution >= 4 is 17.6 Å². The fourth-order valence-corrected chi connectivity index (χ4v) is 1.73. The van der Waals surface area contributed by atoms with Gasteiger partial charge in [-0.3, -0.25) is 0 Å². The zero-order valence-corrected chi connectivity index (χ0v) is 9.87. The van der Waals surface area contributed by atoms with Crippen LogP contribution in [0.4, 0.5) is 26.3 Å². The number of hydrogen-bond acceptors (Lipinski definition) is 2. The van der Waals surface area contributed by atoms with Crippen LogP contribution in [0.25, 0.3) is 0 Å². The summed E-state index contributed by atoms with van der Waals surface area (Å²) in [5.41, 5.74) is -4.61. The van der Waals surface area contributed by atoms with Crippen LogP contribution in [0.1, 0.15) is 21.5 Å². The lowest BCUT2D eigenvalue weighted by molar-refractivity contribution is -0.143. The Labute approximate surface area is 107 Å². The maximum absolute atomic E-state index is 12.7. The Hall–Kier alpha value is -1.44. The molecule has 0 amide bonds. The number of esters is 1. The third-order valence-corrected chi connectivity index (χ3v) is 2.53. The van der Waals surface area contributed by atoms with Crippen LogP contribution in [-0.2, 0) is 17.1 Å². The van der Waals surface area contributed by atoms with Crippen LogP contribution in [0.15, 0.2) is 12.1 Å². The highest BCUT2D eigenvalue weighted by Gasteiger charge is 2.43. The normalized spacial score (nSPS) is 12.4. The van der Waals surface area contributed by atoms with Crippen LogP contribution in [-0.4, -0.2) is 13.1 Å². The Kier molecular flexibility index (Phi) is 4.04. The molecule has 1 rings (SSSR count). The van der Waals surface area contributed by atoms with Crippen LogP contribution in [0.3, 0.4) is 0 Å². The summed E-state index contributed by atoms with van der Waals surface area (Å²) in [7, 11) is 0.800. The van der Waals surface area contributed by atoms with E-state index in [0.29, 0.717) is 12.1 Å². The fourth-order valence-electron chi connectivity index (χ4n) is 1.35. The number of alkyl halides is 6. The second-order valence-electron chi connectivity index (χ2n) is 3.34. The molecule has 19 heavy (non-hydrogen) atoms. The minimum absolute atomic E-state index is 0.295. The number of carbonyl (C=O) groups is 1. The van der Waals surface area contributed by atoms with E-state index < -0.39 is 40.0 Å². The first-order chi connectivity index (χ1) is 8.50. The predicted molar refractivity (Wildman–Crippen MR) is 52.8 cm³/mol. The van der Waals surface area contributed by atoms with Gasteiger partial charge in [-0.1, -0.05) is 11.6 Å². The summed E-state index contributed by atoms with van der Waals surface area (Å²) in [4.78, 5) is 11.1. The molecule has 0 atom stereocenters. The molecule has 0 aliphatic rings. The van der Waals surface area contributed by atoms with Gasteiger partial charge in [0.2, 0.25) is 0 Å². The van der Waals surface area contributed by atoms with Gasteiger partial charge in [-0.25, -0.2) is 4.79 Å². The van der Waals surface area contributed by atoms with Crippen LogP contribution >= 0.6 is 11.6 Å². The minimum Gasteiger partial charge on any atom is -0.465 e. The lowest BCUT2D eigenvalue weighted by Crippen LogP contribution is -2.18. The first-order valence-electron chi connectivity index (χ1n) is 4.55. The third-order valence-electron chi connectivity index (χ3n) is 2.14. The SMILES string of the molecule is COC(=O)c1ccc(C(F)(F)F)c(Cl)c1C(F)(F)F. The summed E-state index contributed by atoms with van der Waals surface area (Å²) in [6, 6.07) is 0.674. The molecule has 0 unspecified atom stereocenters. The molecule has 0 saturated heterocycles. The van der Waals surface area contributed by atoms with Crippen molar-refractivity contribution in [2.24, 2.45) is 0 Å². The second-order valence-corrected chi connectivity index (χ2v) is 3.71. The molecule has 2 nitrogen and oxygen atoms in total. The second kappa shape index (κ2) is 4.92. The monoisotopic (exact) mass is 306 g/mol. The Morgan fingerprint density at radius 3 is 2.00 bits per heavy atom. The van der Waals surface area contributed by atoms with E-state index in [9.17, 15) is 31.1 Å². The molecular weight excluding hydrogens is 302 g/mol. The first kappa shape index (κ1) is 15.6.